The third-order valence-electron chi connectivity index (χ3n) is 4.41. The minimum absolute atomic E-state index is 0.234. The lowest BCUT2D eigenvalue weighted by Crippen LogP contribution is -2.35. The predicted molar refractivity (Wildman–Crippen MR) is 105 cm³/mol. The Labute approximate surface area is 164 Å². The van der Waals surface area contributed by atoms with Gasteiger partial charge >= 0.3 is 0 Å². The zero-order valence-electron chi connectivity index (χ0n) is 15.9. The van der Waals surface area contributed by atoms with E-state index in [4.69, 9.17) is 15.2 Å². The van der Waals surface area contributed by atoms with Crippen molar-refractivity contribution < 1.29 is 14.3 Å². The number of anilines is 1. The molecule has 1 aromatic heterocycles. The number of amides is 1. The number of hydrogen-bond donors (Lipinski definition) is 2. The molecule has 7 heteroatoms. The Kier molecular flexibility index (Phi) is 6.45. The fourth-order valence-corrected chi connectivity index (χ4v) is 2.58. The van der Waals surface area contributed by atoms with E-state index < -0.39 is 6.04 Å². The fourth-order valence-electron chi connectivity index (χ4n) is 2.58. The number of benzene rings is 1. The van der Waals surface area contributed by atoms with Gasteiger partial charge in [0.1, 0.15) is 17.6 Å². The van der Waals surface area contributed by atoms with Crippen LogP contribution in [-0.4, -0.2) is 23.5 Å². The maximum atomic E-state index is 12.0. The maximum Gasteiger partial charge on any atom is 0.241 e. The summed E-state index contributed by atoms with van der Waals surface area (Å²) >= 11 is 0. The van der Waals surface area contributed by atoms with E-state index in [0.29, 0.717) is 47.6 Å². The van der Waals surface area contributed by atoms with Crippen molar-refractivity contribution >= 4 is 11.6 Å². The molecule has 1 aromatic carbocycles. The molecule has 2 aromatic rings. The van der Waals surface area contributed by atoms with Crippen molar-refractivity contribution in [1.29, 1.82) is 5.26 Å². The van der Waals surface area contributed by atoms with Gasteiger partial charge < -0.3 is 20.5 Å². The first-order chi connectivity index (χ1) is 13.6. The Morgan fingerprint density at radius 2 is 2.21 bits per heavy atom. The van der Waals surface area contributed by atoms with Gasteiger partial charge in [-0.3, -0.25) is 4.79 Å². The Bertz CT molecular complexity index is 857. The second kappa shape index (κ2) is 9.20. The lowest BCUT2D eigenvalue weighted by Gasteiger charge is -2.12. The molecule has 1 aliphatic rings. The van der Waals surface area contributed by atoms with Crippen LogP contribution in [-0.2, 0) is 4.79 Å². The largest absolute Gasteiger partial charge is 0.492 e. The van der Waals surface area contributed by atoms with Gasteiger partial charge in [0.2, 0.25) is 11.8 Å². The molecule has 0 unspecified atom stereocenters. The SMILES string of the molecule is CCC[C@@H](N)C(=O)Nc1ccc(Oc2ccc(C#N)c(OCC3CC3)c2)nc1. The number of rotatable bonds is 9. The first kappa shape index (κ1) is 19.6. The third-order valence-corrected chi connectivity index (χ3v) is 4.41. The zero-order chi connectivity index (χ0) is 19.9. The van der Waals surface area contributed by atoms with Gasteiger partial charge in [-0.15, -0.1) is 0 Å². The molecule has 0 radical (unpaired) electrons. The molecule has 1 fully saturated rings. The van der Waals surface area contributed by atoms with E-state index in [0.717, 1.165) is 6.42 Å². The highest BCUT2D eigenvalue weighted by atomic mass is 16.5. The van der Waals surface area contributed by atoms with E-state index in [1.165, 1.54) is 19.0 Å². The minimum atomic E-state index is -0.534. The summed E-state index contributed by atoms with van der Waals surface area (Å²) in [7, 11) is 0. The number of carbonyl (C=O) groups is 1. The highest BCUT2D eigenvalue weighted by Crippen LogP contribution is 2.32. The fraction of sp³-hybridized carbons (Fsp3) is 0.381. The van der Waals surface area contributed by atoms with Gasteiger partial charge in [-0.05, 0) is 43.4 Å². The van der Waals surface area contributed by atoms with E-state index in [-0.39, 0.29) is 5.91 Å². The molecule has 1 atom stereocenters. The van der Waals surface area contributed by atoms with E-state index in [2.05, 4.69) is 16.4 Å². The Morgan fingerprint density at radius 1 is 1.39 bits per heavy atom. The van der Waals surface area contributed by atoms with Crippen LogP contribution in [0.1, 0.15) is 38.2 Å². The van der Waals surface area contributed by atoms with E-state index in [9.17, 15) is 10.1 Å². The zero-order valence-corrected chi connectivity index (χ0v) is 15.9. The number of nitriles is 1. The van der Waals surface area contributed by atoms with Crippen molar-refractivity contribution in [3.8, 4) is 23.4 Å². The van der Waals surface area contributed by atoms with Gasteiger partial charge in [0.25, 0.3) is 0 Å². The number of nitrogens with two attached hydrogens (primary N) is 1. The molecule has 0 spiro atoms. The molecular weight excluding hydrogens is 356 g/mol. The van der Waals surface area contributed by atoms with Crippen molar-refractivity contribution in [2.45, 2.75) is 38.6 Å². The summed E-state index contributed by atoms with van der Waals surface area (Å²) in [6.07, 6.45) is 5.34. The standard InChI is InChI=1S/C21H24N4O3/c1-2-3-18(23)21(26)25-16-7-9-20(24-12-16)28-17-8-6-15(11-22)19(10-17)27-13-14-4-5-14/h6-10,12,14,18H,2-5,13,23H2,1H3,(H,25,26)/t18-/m1/s1. The molecule has 146 valence electrons. The highest BCUT2D eigenvalue weighted by Gasteiger charge is 2.22. The van der Waals surface area contributed by atoms with Crippen molar-refractivity contribution in [2.75, 3.05) is 11.9 Å². The number of nitrogens with zero attached hydrogens (tertiary/aromatic N) is 2. The molecular formula is C21H24N4O3. The van der Waals surface area contributed by atoms with Crippen LogP contribution in [0.3, 0.4) is 0 Å². The van der Waals surface area contributed by atoms with Gasteiger partial charge in [0, 0.05) is 12.1 Å². The van der Waals surface area contributed by atoms with Gasteiger partial charge in [-0.25, -0.2) is 4.98 Å². The van der Waals surface area contributed by atoms with Crippen LogP contribution in [0, 0.1) is 17.2 Å². The normalized spacial score (nSPS) is 14.0. The Morgan fingerprint density at radius 3 is 2.86 bits per heavy atom. The van der Waals surface area contributed by atoms with Crippen molar-refractivity contribution in [3.05, 3.63) is 42.1 Å². The Hall–Kier alpha value is -3.11. The van der Waals surface area contributed by atoms with Crippen molar-refractivity contribution in [1.82, 2.24) is 4.98 Å². The highest BCUT2D eigenvalue weighted by molar-refractivity contribution is 5.94. The molecule has 0 aliphatic heterocycles. The lowest BCUT2D eigenvalue weighted by atomic mass is 10.1. The van der Waals surface area contributed by atoms with E-state index in [1.807, 2.05) is 6.92 Å². The van der Waals surface area contributed by atoms with Crippen molar-refractivity contribution in [2.24, 2.45) is 11.7 Å². The minimum Gasteiger partial charge on any atom is -0.492 e. The van der Waals surface area contributed by atoms with Crippen LogP contribution in [0.15, 0.2) is 36.5 Å². The monoisotopic (exact) mass is 380 g/mol. The van der Waals surface area contributed by atoms with Crippen LogP contribution in [0.5, 0.6) is 17.4 Å². The summed E-state index contributed by atoms with van der Waals surface area (Å²) in [5.74, 6) is 1.77. The maximum absolute atomic E-state index is 12.0. The molecule has 1 heterocycles. The summed E-state index contributed by atoms with van der Waals surface area (Å²) in [6, 6.07) is 10.0. The first-order valence-corrected chi connectivity index (χ1v) is 9.46. The molecule has 3 rings (SSSR count). The number of ether oxygens (including phenoxy) is 2. The summed E-state index contributed by atoms with van der Waals surface area (Å²) < 4.78 is 11.5. The average Bonchev–Trinajstić information content (AvgIpc) is 3.52. The summed E-state index contributed by atoms with van der Waals surface area (Å²) in [6.45, 7) is 2.59. The number of hydrogen-bond acceptors (Lipinski definition) is 6. The number of nitrogens with one attached hydrogen (secondary N) is 1. The summed E-state index contributed by atoms with van der Waals surface area (Å²) in [5, 5.41) is 12.0. The molecule has 1 saturated carbocycles. The quantitative estimate of drug-likeness (QED) is 0.688. The van der Waals surface area contributed by atoms with Crippen LogP contribution < -0.4 is 20.5 Å². The average molecular weight is 380 g/mol. The molecule has 0 bridgehead atoms. The van der Waals surface area contributed by atoms with E-state index >= 15 is 0 Å². The topological polar surface area (TPSA) is 110 Å². The second-order valence-corrected chi connectivity index (χ2v) is 6.90. The number of carbonyl (C=O) groups excluding carboxylic acids is 1. The molecule has 28 heavy (non-hydrogen) atoms. The smallest absolute Gasteiger partial charge is 0.241 e. The van der Waals surface area contributed by atoms with Crippen LogP contribution in [0.2, 0.25) is 0 Å². The van der Waals surface area contributed by atoms with Crippen LogP contribution in [0.4, 0.5) is 5.69 Å². The molecule has 0 saturated heterocycles. The molecule has 1 amide bonds. The van der Waals surface area contributed by atoms with Crippen LogP contribution in [0.25, 0.3) is 0 Å². The van der Waals surface area contributed by atoms with Gasteiger partial charge in [-0.2, -0.15) is 5.26 Å². The molecule has 7 nitrogen and oxygen atoms in total. The summed E-state index contributed by atoms with van der Waals surface area (Å²) in [4.78, 5) is 16.2. The van der Waals surface area contributed by atoms with Crippen LogP contribution >= 0.6 is 0 Å². The van der Waals surface area contributed by atoms with Gasteiger partial charge in [0.15, 0.2) is 0 Å². The van der Waals surface area contributed by atoms with Crippen molar-refractivity contribution in [3.63, 3.8) is 0 Å². The first-order valence-electron chi connectivity index (χ1n) is 9.46. The third kappa shape index (κ3) is 5.44. The van der Waals surface area contributed by atoms with Gasteiger partial charge in [-0.1, -0.05) is 13.3 Å². The van der Waals surface area contributed by atoms with Gasteiger partial charge in [0.05, 0.1) is 30.1 Å². The predicted octanol–water partition coefficient (Wildman–Crippen LogP) is 3.60. The lowest BCUT2D eigenvalue weighted by molar-refractivity contribution is -0.117. The van der Waals surface area contributed by atoms with E-state index in [1.54, 1.807) is 30.3 Å². The summed E-state index contributed by atoms with van der Waals surface area (Å²) in [5.41, 5.74) is 6.83. The molecule has 3 N–H and O–H groups in total. The second-order valence-electron chi connectivity index (χ2n) is 6.90. The Balaban J connectivity index is 1.62. The molecule has 1 aliphatic carbocycles. The number of pyridine rings is 1. The number of aromatic nitrogens is 1.